The van der Waals surface area contributed by atoms with E-state index in [0.717, 1.165) is 19.7 Å². The van der Waals surface area contributed by atoms with Crippen molar-refractivity contribution in [2.45, 2.75) is 58.5 Å². The first-order valence-corrected chi connectivity index (χ1v) is 6.40. The van der Waals surface area contributed by atoms with E-state index in [2.05, 4.69) is 39.5 Å². The molecular formula is C13H25NO2. The molecule has 0 aromatic carbocycles. The van der Waals surface area contributed by atoms with Crippen molar-refractivity contribution in [1.29, 1.82) is 0 Å². The Morgan fingerprint density at radius 1 is 1.25 bits per heavy atom. The van der Waals surface area contributed by atoms with Gasteiger partial charge >= 0.3 is 0 Å². The summed E-state index contributed by atoms with van der Waals surface area (Å²) >= 11 is 0. The van der Waals surface area contributed by atoms with Crippen LogP contribution in [0.15, 0.2) is 0 Å². The Balaban J connectivity index is 1.95. The van der Waals surface area contributed by atoms with Gasteiger partial charge in [-0.05, 0) is 34.6 Å². The molecule has 2 aliphatic heterocycles. The fourth-order valence-electron chi connectivity index (χ4n) is 2.70. The summed E-state index contributed by atoms with van der Waals surface area (Å²) in [6.07, 6.45) is 0.684. The second-order valence-corrected chi connectivity index (χ2v) is 6.35. The maximum Gasteiger partial charge on any atom is 0.0881 e. The highest BCUT2D eigenvalue weighted by Crippen LogP contribution is 2.33. The molecule has 0 N–H and O–H groups in total. The van der Waals surface area contributed by atoms with Crippen LogP contribution in [0.25, 0.3) is 0 Å². The Kier molecular flexibility index (Phi) is 3.30. The topological polar surface area (TPSA) is 21.7 Å². The first-order chi connectivity index (χ1) is 7.37. The molecule has 2 saturated heterocycles. The highest BCUT2D eigenvalue weighted by Gasteiger charge is 2.45. The lowest BCUT2D eigenvalue weighted by molar-refractivity contribution is -0.0771. The zero-order valence-electron chi connectivity index (χ0n) is 11.2. The highest BCUT2D eigenvalue weighted by molar-refractivity contribution is 4.95. The highest BCUT2D eigenvalue weighted by atomic mass is 16.6. The van der Waals surface area contributed by atoms with Crippen LogP contribution in [0.5, 0.6) is 0 Å². The maximum atomic E-state index is 6.09. The zero-order chi connectivity index (χ0) is 11.9. The molecule has 3 nitrogen and oxygen atoms in total. The SMILES string of the molecule is CC(C)N1CC2OCC(OC(C)(C)C)C2C1. The Labute approximate surface area is 99.1 Å². The van der Waals surface area contributed by atoms with Crippen LogP contribution in [0.4, 0.5) is 0 Å². The molecule has 0 spiro atoms. The normalized spacial score (nSPS) is 36.0. The van der Waals surface area contributed by atoms with Crippen molar-refractivity contribution in [1.82, 2.24) is 4.90 Å². The quantitative estimate of drug-likeness (QED) is 0.719. The number of fused-ring (bicyclic) bond motifs is 1. The second kappa shape index (κ2) is 4.28. The van der Waals surface area contributed by atoms with E-state index >= 15 is 0 Å². The van der Waals surface area contributed by atoms with Crippen LogP contribution < -0.4 is 0 Å². The first-order valence-electron chi connectivity index (χ1n) is 6.40. The third-order valence-corrected chi connectivity index (χ3v) is 3.52. The molecule has 3 atom stereocenters. The van der Waals surface area contributed by atoms with Gasteiger partial charge in [0.15, 0.2) is 0 Å². The molecule has 0 amide bonds. The van der Waals surface area contributed by atoms with E-state index in [0.29, 0.717) is 18.1 Å². The van der Waals surface area contributed by atoms with Gasteiger partial charge in [-0.15, -0.1) is 0 Å². The Bertz CT molecular complexity index is 247. The lowest BCUT2D eigenvalue weighted by Crippen LogP contribution is -2.36. The monoisotopic (exact) mass is 227 g/mol. The number of ether oxygens (including phenoxy) is 2. The predicted octanol–water partition coefficient (Wildman–Crippen LogP) is 1.91. The number of nitrogens with zero attached hydrogens (tertiary/aromatic N) is 1. The average molecular weight is 227 g/mol. The molecule has 0 saturated carbocycles. The molecule has 2 aliphatic rings. The molecule has 3 heteroatoms. The molecule has 16 heavy (non-hydrogen) atoms. The van der Waals surface area contributed by atoms with E-state index in [1.165, 1.54) is 0 Å². The zero-order valence-corrected chi connectivity index (χ0v) is 11.2. The summed E-state index contributed by atoms with van der Waals surface area (Å²) in [5.41, 5.74) is -0.0613. The average Bonchev–Trinajstić information content (AvgIpc) is 2.64. The van der Waals surface area contributed by atoms with Crippen LogP contribution in [-0.4, -0.2) is 48.4 Å². The Morgan fingerprint density at radius 2 is 1.94 bits per heavy atom. The van der Waals surface area contributed by atoms with Gasteiger partial charge in [-0.3, -0.25) is 4.90 Å². The van der Waals surface area contributed by atoms with Gasteiger partial charge in [0.05, 0.1) is 24.4 Å². The van der Waals surface area contributed by atoms with Crippen LogP contribution in [0.1, 0.15) is 34.6 Å². The summed E-state index contributed by atoms with van der Waals surface area (Å²) in [7, 11) is 0. The van der Waals surface area contributed by atoms with Gasteiger partial charge < -0.3 is 9.47 Å². The van der Waals surface area contributed by atoms with Crippen LogP contribution >= 0.6 is 0 Å². The van der Waals surface area contributed by atoms with Gasteiger partial charge in [-0.1, -0.05) is 0 Å². The maximum absolute atomic E-state index is 6.09. The van der Waals surface area contributed by atoms with Crippen LogP contribution in [0.2, 0.25) is 0 Å². The van der Waals surface area contributed by atoms with Gasteiger partial charge in [-0.2, -0.15) is 0 Å². The number of likely N-dealkylation sites (tertiary alicyclic amines) is 1. The van der Waals surface area contributed by atoms with Crippen molar-refractivity contribution in [3.05, 3.63) is 0 Å². The minimum atomic E-state index is -0.0613. The third-order valence-electron chi connectivity index (χ3n) is 3.52. The molecule has 0 bridgehead atoms. The number of rotatable bonds is 2. The smallest absolute Gasteiger partial charge is 0.0881 e. The summed E-state index contributed by atoms with van der Waals surface area (Å²) in [6.45, 7) is 13.8. The lowest BCUT2D eigenvalue weighted by Gasteiger charge is -2.28. The van der Waals surface area contributed by atoms with E-state index in [9.17, 15) is 0 Å². The molecule has 94 valence electrons. The molecule has 0 radical (unpaired) electrons. The fourth-order valence-corrected chi connectivity index (χ4v) is 2.70. The van der Waals surface area contributed by atoms with Crippen molar-refractivity contribution in [2.75, 3.05) is 19.7 Å². The van der Waals surface area contributed by atoms with Crippen LogP contribution in [0, 0.1) is 5.92 Å². The van der Waals surface area contributed by atoms with E-state index in [1.807, 2.05) is 0 Å². The number of hydrogen-bond donors (Lipinski definition) is 0. The minimum Gasteiger partial charge on any atom is -0.374 e. The Hall–Kier alpha value is -0.120. The van der Waals surface area contributed by atoms with Crippen molar-refractivity contribution in [2.24, 2.45) is 5.92 Å². The Morgan fingerprint density at radius 3 is 2.50 bits per heavy atom. The van der Waals surface area contributed by atoms with Crippen molar-refractivity contribution >= 4 is 0 Å². The molecule has 0 aromatic heterocycles. The van der Waals surface area contributed by atoms with E-state index in [-0.39, 0.29) is 11.7 Å². The lowest BCUT2D eigenvalue weighted by atomic mass is 10.0. The largest absolute Gasteiger partial charge is 0.374 e. The summed E-state index contributed by atoms with van der Waals surface area (Å²) in [5.74, 6) is 0.571. The van der Waals surface area contributed by atoms with Gasteiger partial charge in [0.1, 0.15) is 0 Å². The summed E-state index contributed by atoms with van der Waals surface area (Å²) in [4.78, 5) is 2.49. The second-order valence-electron chi connectivity index (χ2n) is 6.35. The molecule has 3 unspecified atom stereocenters. The van der Waals surface area contributed by atoms with Crippen molar-refractivity contribution in [3.8, 4) is 0 Å². The summed E-state index contributed by atoms with van der Waals surface area (Å²) in [5, 5.41) is 0. The van der Waals surface area contributed by atoms with E-state index in [1.54, 1.807) is 0 Å². The standard InChI is InChI=1S/C13H25NO2/c1-9(2)14-6-10-11(7-14)15-8-12(10)16-13(3,4)5/h9-12H,6-8H2,1-5H3. The number of hydrogen-bond acceptors (Lipinski definition) is 3. The molecule has 2 rings (SSSR count). The van der Waals surface area contributed by atoms with Gasteiger partial charge in [-0.25, -0.2) is 0 Å². The van der Waals surface area contributed by atoms with E-state index < -0.39 is 0 Å². The molecule has 0 aliphatic carbocycles. The molecule has 2 heterocycles. The van der Waals surface area contributed by atoms with Gasteiger partial charge in [0.25, 0.3) is 0 Å². The third kappa shape index (κ3) is 2.58. The fraction of sp³-hybridized carbons (Fsp3) is 1.00. The molecular weight excluding hydrogens is 202 g/mol. The van der Waals surface area contributed by atoms with Crippen LogP contribution in [-0.2, 0) is 9.47 Å². The summed E-state index contributed by atoms with van der Waals surface area (Å²) in [6, 6.07) is 0.615. The minimum absolute atomic E-state index is 0.0613. The molecule has 0 aromatic rings. The molecule has 2 fully saturated rings. The predicted molar refractivity (Wildman–Crippen MR) is 64.6 cm³/mol. The van der Waals surface area contributed by atoms with Gasteiger partial charge in [0.2, 0.25) is 0 Å². The van der Waals surface area contributed by atoms with Crippen molar-refractivity contribution in [3.63, 3.8) is 0 Å². The van der Waals surface area contributed by atoms with Gasteiger partial charge in [0, 0.05) is 25.0 Å². The van der Waals surface area contributed by atoms with Crippen molar-refractivity contribution < 1.29 is 9.47 Å². The first kappa shape index (κ1) is 12.3. The van der Waals surface area contributed by atoms with E-state index in [4.69, 9.17) is 9.47 Å². The van der Waals surface area contributed by atoms with Crippen LogP contribution in [0.3, 0.4) is 0 Å². The summed E-state index contributed by atoms with van der Waals surface area (Å²) < 4.78 is 11.9.